The molecule has 0 atom stereocenters. The molecule has 1 aliphatic carbocycles. The van der Waals surface area contributed by atoms with Crippen molar-refractivity contribution in [3.05, 3.63) is 35.1 Å². The fourth-order valence-corrected chi connectivity index (χ4v) is 2.07. The van der Waals surface area contributed by atoms with Gasteiger partial charge in [0.25, 0.3) is 0 Å². The molecule has 6 heteroatoms. The van der Waals surface area contributed by atoms with E-state index < -0.39 is 0 Å². The van der Waals surface area contributed by atoms with Crippen LogP contribution in [0.4, 0.5) is 4.39 Å². The second kappa shape index (κ2) is 9.99. The standard InChI is InChI=1S/C16H24FN3O.HI/c1-3-18-16(19-9-12-4-5-12)20-10-13-6-7-15(17)14(8-13)11-21-2;/h6-8,12H,3-5,9-11H2,1-2H3,(H2,18,19,20);1H. The third-order valence-electron chi connectivity index (χ3n) is 3.43. The molecule has 1 saturated carbocycles. The minimum atomic E-state index is -0.233. The van der Waals surface area contributed by atoms with E-state index in [-0.39, 0.29) is 36.4 Å². The van der Waals surface area contributed by atoms with Crippen molar-refractivity contribution >= 4 is 29.9 Å². The largest absolute Gasteiger partial charge is 0.380 e. The fraction of sp³-hybridized carbons (Fsp3) is 0.562. The van der Waals surface area contributed by atoms with E-state index in [0.717, 1.165) is 30.5 Å². The highest BCUT2D eigenvalue weighted by molar-refractivity contribution is 14.0. The average Bonchev–Trinajstić information content (AvgIpc) is 3.29. The summed E-state index contributed by atoms with van der Waals surface area (Å²) < 4.78 is 18.6. The zero-order chi connectivity index (χ0) is 15.1. The number of nitrogens with zero attached hydrogens (tertiary/aromatic N) is 1. The molecule has 0 saturated heterocycles. The van der Waals surface area contributed by atoms with E-state index in [1.807, 2.05) is 13.0 Å². The van der Waals surface area contributed by atoms with Gasteiger partial charge < -0.3 is 15.4 Å². The van der Waals surface area contributed by atoms with Crippen LogP contribution in [0.3, 0.4) is 0 Å². The summed E-state index contributed by atoms with van der Waals surface area (Å²) in [5, 5.41) is 6.57. The SMILES string of the molecule is CCNC(=NCc1ccc(F)c(COC)c1)NCC1CC1.I. The summed E-state index contributed by atoms with van der Waals surface area (Å²) in [5.74, 6) is 1.39. The Morgan fingerprint density at radius 2 is 2.14 bits per heavy atom. The number of rotatable bonds is 7. The zero-order valence-electron chi connectivity index (χ0n) is 13.2. The maximum Gasteiger partial charge on any atom is 0.191 e. The lowest BCUT2D eigenvalue weighted by Gasteiger charge is -2.11. The first kappa shape index (κ1) is 19.2. The number of benzene rings is 1. The van der Waals surface area contributed by atoms with Crippen LogP contribution in [0.5, 0.6) is 0 Å². The van der Waals surface area contributed by atoms with Crippen molar-refractivity contribution in [1.29, 1.82) is 0 Å². The molecule has 124 valence electrons. The van der Waals surface area contributed by atoms with E-state index in [2.05, 4.69) is 15.6 Å². The Bertz CT molecular complexity index is 492. The summed E-state index contributed by atoms with van der Waals surface area (Å²) in [6, 6.07) is 5.05. The summed E-state index contributed by atoms with van der Waals surface area (Å²) in [4.78, 5) is 4.55. The van der Waals surface area contributed by atoms with E-state index in [4.69, 9.17) is 4.74 Å². The van der Waals surface area contributed by atoms with Gasteiger partial charge in [0.05, 0.1) is 13.2 Å². The van der Waals surface area contributed by atoms with Crippen molar-refractivity contribution in [2.45, 2.75) is 32.9 Å². The Labute approximate surface area is 148 Å². The molecule has 0 radical (unpaired) electrons. The molecule has 0 aromatic heterocycles. The van der Waals surface area contributed by atoms with Crippen LogP contribution >= 0.6 is 24.0 Å². The molecule has 1 aliphatic rings. The second-order valence-corrected chi connectivity index (χ2v) is 5.38. The van der Waals surface area contributed by atoms with Gasteiger partial charge in [-0.25, -0.2) is 9.38 Å². The number of guanidine groups is 1. The lowest BCUT2D eigenvalue weighted by atomic mass is 10.1. The van der Waals surface area contributed by atoms with Crippen molar-refractivity contribution in [1.82, 2.24) is 10.6 Å². The first-order chi connectivity index (χ1) is 10.2. The van der Waals surface area contributed by atoms with Crippen molar-refractivity contribution < 1.29 is 9.13 Å². The van der Waals surface area contributed by atoms with Gasteiger partial charge in [-0.2, -0.15) is 0 Å². The summed E-state index contributed by atoms with van der Waals surface area (Å²) >= 11 is 0. The van der Waals surface area contributed by atoms with Gasteiger partial charge in [0.1, 0.15) is 5.82 Å². The smallest absolute Gasteiger partial charge is 0.191 e. The minimum Gasteiger partial charge on any atom is -0.380 e. The van der Waals surface area contributed by atoms with Gasteiger partial charge in [-0.1, -0.05) is 6.07 Å². The number of methoxy groups -OCH3 is 1. The third kappa shape index (κ3) is 6.48. The average molecular weight is 421 g/mol. The lowest BCUT2D eigenvalue weighted by Crippen LogP contribution is -2.38. The van der Waals surface area contributed by atoms with Crippen LogP contribution in [-0.2, 0) is 17.9 Å². The normalized spacial score (nSPS) is 14.4. The number of ether oxygens (including phenoxy) is 1. The van der Waals surface area contributed by atoms with Crippen LogP contribution in [0.15, 0.2) is 23.2 Å². The van der Waals surface area contributed by atoms with Crippen LogP contribution in [-0.4, -0.2) is 26.2 Å². The van der Waals surface area contributed by atoms with Crippen LogP contribution in [0.1, 0.15) is 30.9 Å². The van der Waals surface area contributed by atoms with Gasteiger partial charge in [-0.05, 0) is 43.4 Å². The van der Waals surface area contributed by atoms with Gasteiger partial charge in [-0.3, -0.25) is 0 Å². The summed E-state index contributed by atoms with van der Waals surface area (Å²) in [6.07, 6.45) is 2.62. The van der Waals surface area contributed by atoms with Gasteiger partial charge in [0.2, 0.25) is 0 Å². The van der Waals surface area contributed by atoms with E-state index in [9.17, 15) is 4.39 Å². The Balaban J connectivity index is 0.00000242. The predicted octanol–water partition coefficient (Wildman–Crippen LogP) is 3.06. The molecule has 1 aromatic carbocycles. The number of hydrogen-bond acceptors (Lipinski definition) is 2. The van der Waals surface area contributed by atoms with Crippen LogP contribution in [0.2, 0.25) is 0 Å². The number of aliphatic imine (C=N–C) groups is 1. The molecule has 22 heavy (non-hydrogen) atoms. The van der Waals surface area contributed by atoms with Gasteiger partial charge in [0, 0.05) is 25.8 Å². The Kier molecular flexibility index (Phi) is 8.70. The quantitative estimate of drug-likeness (QED) is 0.404. The van der Waals surface area contributed by atoms with Crippen LogP contribution in [0.25, 0.3) is 0 Å². The highest BCUT2D eigenvalue weighted by Gasteiger charge is 2.20. The molecule has 0 spiro atoms. The van der Waals surface area contributed by atoms with Gasteiger partial charge >= 0.3 is 0 Å². The Hall–Kier alpha value is -0.890. The lowest BCUT2D eigenvalue weighted by molar-refractivity contribution is 0.181. The first-order valence-electron chi connectivity index (χ1n) is 7.51. The maximum absolute atomic E-state index is 13.6. The highest BCUT2D eigenvalue weighted by Crippen LogP contribution is 2.27. The fourth-order valence-electron chi connectivity index (χ4n) is 2.07. The summed E-state index contributed by atoms with van der Waals surface area (Å²) in [6.45, 7) is 4.66. The van der Waals surface area contributed by atoms with E-state index in [1.54, 1.807) is 13.2 Å². The van der Waals surface area contributed by atoms with Crippen molar-refractivity contribution in [2.75, 3.05) is 20.2 Å². The Morgan fingerprint density at radius 1 is 1.36 bits per heavy atom. The topological polar surface area (TPSA) is 45.7 Å². The molecular formula is C16H25FIN3O. The number of nitrogens with one attached hydrogen (secondary N) is 2. The highest BCUT2D eigenvalue weighted by atomic mass is 127. The van der Waals surface area contributed by atoms with Crippen LogP contribution in [0, 0.1) is 11.7 Å². The van der Waals surface area contributed by atoms with Crippen LogP contribution < -0.4 is 10.6 Å². The predicted molar refractivity (Wildman–Crippen MR) is 98.1 cm³/mol. The molecule has 0 bridgehead atoms. The van der Waals surface area contributed by atoms with E-state index in [1.165, 1.54) is 18.9 Å². The molecule has 4 nitrogen and oxygen atoms in total. The summed E-state index contributed by atoms with van der Waals surface area (Å²) in [7, 11) is 1.56. The molecule has 0 heterocycles. The molecule has 0 aliphatic heterocycles. The van der Waals surface area contributed by atoms with E-state index >= 15 is 0 Å². The molecule has 2 rings (SSSR count). The minimum absolute atomic E-state index is 0. The molecule has 0 unspecified atom stereocenters. The molecule has 2 N–H and O–H groups in total. The van der Waals surface area contributed by atoms with Crippen molar-refractivity contribution in [2.24, 2.45) is 10.9 Å². The Morgan fingerprint density at radius 3 is 2.77 bits per heavy atom. The molecular weight excluding hydrogens is 396 g/mol. The molecule has 1 aromatic rings. The van der Waals surface area contributed by atoms with Gasteiger partial charge in [-0.15, -0.1) is 24.0 Å². The monoisotopic (exact) mass is 421 g/mol. The third-order valence-corrected chi connectivity index (χ3v) is 3.43. The zero-order valence-corrected chi connectivity index (χ0v) is 15.5. The van der Waals surface area contributed by atoms with Crippen molar-refractivity contribution in [3.63, 3.8) is 0 Å². The number of hydrogen-bond donors (Lipinski definition) is 2. The maximum atomic E-state index is 13.6. The first-order valence-corrected chi connectivity index (χ1v) is 7.51. The van der Waals surface area contributed by atoms with E-state index in [0.29, 0.717) is 12.1 Å². The second-order valence-electron chi connectivity index (χ2n) is 5.38. The number of halogens is 2. The molecule has 1 fully saturated rings. The molecule has 0 amide bonds. The van der Waals surface area contributed by atoms with Crippen molar-refractivity contribution in [3.8, 4) is 0 Å². The summed E-state index contributed by atoms with van der Waals surface area (Å²) in [5.41, 5.74) is 1.55. The van der Waals surface area contributed by atoms with Gasteiger partial charge in [0.15, 0.2) is 5.96 Å².